The first-order valence-electron chi connectivity index (χ1n) is 8.10. The Bertz CT molecular complexity index is 813. The minimum absolute atomic E-state index is 0.00107. The van der Waals surface area contributed by atoms with Crippen LogP contribution in [0.5, 0.6) is 5.75 Å². The second-order valence-corrected chi connectivity index (χ2v) is 6.94. The van der Waals surface area contributed by atoms with Gasteiger partial charge in [0.15, 0.2) is 6.10 Å². The first-order chi connectivity index (χ1) is 12.1. The van der Waals surface area contributed by atoms with Gasteiger partial charge in [0.1, 0.15) is 11.6 Å². The lowest BCUT2D eigenvalue weighted by atomic mass is 9.87. The van der Waals surface area contributed by atoms with Gasteiger partial charge in [0.25, 0.3) is 11.6 Å². The van der Waals surface area contributed by atoms with Crippen LogP contribution in [0, 0.1) is 15.9 Å². The number of nitro groups is 1. The van der Waals surface area contributed by atoms with Gasteiger partial charge in [0.05, 0.1) is 10.6 Å². The maximum atomic E-state index is 13.8. The van der Waals surface area contributed by atoms with Gasteiger partial charge in [0, 0.05) is 12.1 Å². The average molecular weight is 360 g/mol. The molecule has 0 radical (unpaired) electrons. The lowest BCUT2D eigenvalue weighted by molar-refractivity contribution is -0.384. The zero-order valence-corrected chi connectivity index (χ0v) is 15.1. The van der Waals surface area contributed by atoms with E-state index in [1.165, 1.54) is 6.92 Å². The van der Waals surface area contributed by atoms with E-state index in [2.05, 4.69) is 26.1 Å². The molecule has 0 spiro atoms. The van der Waals surface area contributed by atoms with Crippen molar-refractivity contribution in [3.63, 3.8) is 0 Å². The van der Waals surface area contributed by atoms with E-state index in [1.54, 1.807) is 12.1 Å². The first kappa shape index (κ1) is 19.4. The van der Waals surface area contributed by atoms with E-state index in [0.717, 1.165) is 23.8 Å². The van der Waals surface area contributed by atoms with Crippen molar-refractivity contribution in [2.75, 3.05) is 5.32 Å². The van der Waals surface area contributed by atoms with Crippen molar-refractivity contribution in [3.05, 3.63) is 64.0 Å². The predicted octanol–water partition coefficient (Wildman–Crippen LogP) is 4.44. The molecule has 0 aromatic heterocycles. The fourth-order valence-electron chi connectivity index (χ4n) is 2.25. The van der Waals surface area contributed by atoms with Crippen LogP contribution >= 0.6 is 0 Å². The maximum absolute atomic E-state index is 13.8. The number of carbonyl (C=O) groups is 1. The van der Waals surface area contributed by atoms with Crippen LogP contribution in [0.2, 0.25) is 0 Å². The Hall–Kier alpha value is -2.96. The summed E-state index contributed by atoms with van der Waals surface area (Å²) in [5, 5.41) is 13.1. The van der Waals surface area contributed by atoms with Gasteiger partial charge in [-0.25, -0.2) is 4.39 Å². The Kier molecular flexibility index (Phi) is 5.59. The second kappa shape index (κ2) is 7.51. The summed E-state index contributed by atoms with van der Waals surface area (Å²) in [7, 11) is 0. The number of anilines is 1. The molecule has 26 heavy (non-hydrogen) atoms. The zero-order valence-electron chi connectivity index (χ0n) is 15.1. The number of halogens is 1. The van der Waals surface area contributed by atoms with Gasteiger partial charge in [0.2, 0.25) is 0 Å². The molecule has 0 heterocycles. The maximum Gasteiger partial charge on any atom is 0.271 e. The third kappa shape index (κ3) is 4.78. The van der Waals surface area contributed by atoms with Gasteiger partial charge >= 0.3 is 0 Å². The summed E-state index contributed by atoms with van der Waals surface area (Å²) in [6, 6.07) is 10.3. The number of carbonyl (C=O) groups excluding carboxylic acids is 1. The van der Waals surface area contributed by atoms with Gasteiger partial charge in [-0.1, -0.05) is 32.9 Å². The number of benzene rings is 2. The minimum atomic E-state index is -0.908. The number of nitrogens with zero attached hydrogens (tertiary/aromatic N) is 1. The number of nitro benzene ring substituents is 1. The van der Waals surface area contributed by atoms with E-state index < -0.39 is 22.8 Å². The number of non-ortho nitro benzene ring substituents is 1. The van der Waals surface area contributed by atoms with Crippen molar-refractivity contribution in [2.45, 2.75) is 39.2 Å². The smallest absolute Gasteiger partial charge is 0.271 e. The van der Waals surface area contributed by atoms with E-state index in [1.807, 2.05) is 12.1 Å². The van der Waals surface area contributed by atoms with Crippen molar-refractivity contribution in [1.29, 1.82) is 0 Å². The van der Waals surface area contributed by atoms with Crippen molar-refractivity contribution < 1.29 is 18.8 Å². The van der Waals surface area contributed by atoms with E-state index in [9.17, 15) is 19.3 Å². The minimum Gasteiger partial charge on any atom is -0.481 e. The molecule has 2 aromatic carbocycles. The molecule has 6 nitrogen and oxygen atoms in total. The van der Waals surface area contributed by atoms with Gasteiger partial charge in [-0.3, -0.25) is 14.9 Å². The number of hydrogen-bond donors (Lipinski definition) is 1. The summed E-state index contributed by atoms with van der Waals surface area (Å²) in [6.45, 7) is 7.79. The van der Waals surface area contributed by atoms with Crippen LogP contribution in [0.15, 0.2) is 42.5 Å². The van der Waals surface area contributed by atoms with Crippen LogP contribution in [0.3, 0.4) is 0 Å². The normalized spacial score (nSPS) is 12.3. The molecule has 0 saturated carbocycles. The molecule has 7 heteroatoms. The summed E-state index contributed by atoms with van der Waals surface area (Å²) in [6.07, 6.45) is -0.908. The second-order valence-electron chi connectivity index (χ2n) is 6.94. The fourth-order valence-corrected chi connectivity index (χ4v) is 2.25. The number of rotatable bonds is 5. The largest absolute Gasteiger partial charge is 0.481 e. The molecule has 138 valence electrons. The topological polar surface area (TPSA) is 81.5 Å². The third-order valence-corrected chi connectivity index (χ3v) is 3.82. The van der Waals surface area contributed by atoms with Gasteiger partial charge < -0.3 is 10.1 Å². The van der Waals surface area contributed by atoms with E-state index in [-0.39, 0.29) is 16.8 Å². The molecule has 0 bridgehead atoms. The van der Waals surface area contributed by atoms with Gasteiger partial charge in [-0.05, 0) is 36.1 Å². The molecule has 1 amide bonds. The molecule has 0 fully saturated rings. The SMILES string of the molecule is CC(Oc1ccc(C(C)(C)C)cc1)C(=O)Nc1cc([N+](=O)[O-])ccc1F. The highest BCUT2D eigenvalue weighted by Crippen LogP contribution is 2.25. The van der Waals surface area contributed by atoms with Crippen LogP contribution in [-0.4, -0.2) is 16.9 Å². The predicted molar refractivity (Wildman–Crippen MR) is 96.9 cm³/mol. The fraction of sp³-hybridized carbons (Fsp3) is 0.316. The average Bonchev–Trinajstić information content (AvgIpc) is 2.56. The van der Waals surface area contributed by atoms with E-state index in [0.29, 0.717) is 5.75 Å². The molecular weight excluding hydrogens is 339 g/mol. The summed E-state index contributed by atoms with van der Waals surface area (Å²) in [4.78, 5) is 22.3. The number of hydrogen-bond acceptors (Lipinski definition) is 4. The van der Waals surface area contributed by atoms with Crippen molar-refractivity contribution in [2.24, 2.45) is 0 Å². The third-order valence-electron chi connectivity index (χ3n) is 3.82. The Morgan fingerprint density at radius 2 is 1.81 bits per heavy atom. The highest BCUT2D eigenvalue weighted by Gasteiger charge is 2.19. The Balaban J connectivity index is 2.06. The van der Waals surface area contributed by atoms with Crippen LogP contribution in [0.25, 0.3) is 0 Å². The van der Waals surface area contributed by atoms with Gasteiger partial charge in [-0.15, -0.1) is 0 Å². The number of ether oxygens (including phenoxy) is 1. The molecule has 0 saturated heterocycles. The lowest BCUT2D eigenvalue weighted by Crippen LogP contribution is -2.30. The quantitative estimate of drug-likeness (QED) is 0.631. The van der Waals surface area contributed by atoms with E-state index in [4.69, 9.17) is 4.74 Å². The summed E-state index contributed by atoms with van der Waals surface area (Å²) in [5.41, 5.74) is 0.553. The summed E-state index contributed by atoms with van der Waals surface area (Å²) < 4.78 is 19.3. The highest BCUT2D eigenvalue weighted by atomic mass is 19.1. The van der Waals surface area contributed by atoms with Crippen LogP contribution < -0.4 is 10.1 Å². The Morgan fingerprint density at radius 1 is 1.19 bits per heavy atom. The highest BCUT2D eigenvalue weighted by molar-refractivity contribution is 5.94. The molecule has 2 aromatic rings. The zero-order chi connectivity index (χ0) is 19.5. The Morgan fingerprint density at radius 3 is 2.35 bits per heavy atom. The van der Waals surface area contributed by atoms with Crippen molar-refractivity contribution in [1.82, 2.24) is 0 Å². The van der Waals surface area contributed by atoms with Crippen LogP contribution in [0.4, 0.5) is 15.8 Å². The lowest BCUT2D eigenvalue weighted by Gasteiger charge is -2.20. The van der Waals surface area contributed by atoms with Crippen molar-refractivity contribution >= 4 is 17.3 Å². The van der Waals surface area contributed by atoms with Crippen LogP contribution in [0.1, 0.15) is 33.3 Å². The molecule has 0 aliphatic carbocycles. The monoisotopic (exact) mass is 360 g/mol. The molecule has 1 unspecified atom stereocenters. The van der Waals surface area contributed by atoms with Gasteiger partial charge in [-0.2, -0.15) is 0 Å². The van der Waals surface area contributed by atoms with Crippen LogP contribution in [-0.2, 0) is 10.2 Å². The van der Waals surface area contributed by atoms with Crippen molar-refractivity contribution in [3.8, 4) is 5.75 Å². The summed E-state index contributed by atoms with van der Waals surface area (Å²) in [5.74, 6) is -0.866. The standard InChI is InChI=1S/C19H21FN2O4/c1-12(26-15-8-5-13(6-9-15)19(2,3)4)18(23)21-17-11-14(22(24)25)7-10-16(17)20/h5-12H,1-4H3,(H,21,23). The summed E-state index contributed by atoms with van der Waals surface area (Å²) >= 11 is 0. The molecule has 0 aliphatic rings. The van der Waals surface area contributed by atoms with E-state index >= 15 is 0 Å². The molecule has 0 aliphatic heterocycles. The molecule has 2 rings (SSSR count). The molecular formula is C19H21FN2O4. The number of amides is 1. The molecule has 1 atom stereocenters. The number of nitrogens with one attached hydrogen (secondary N) is 1. The Labute approximate surface area is 151 Å². The molecule has 1 N–H and O–H groups in total. The first-order valence-corrected chi connectivity index (χ1v) is 8.10.